The van der Waals surface area contributed by atoms with E-state index in [1.54, 1.807) is 12.1 Å². The molecule has 2 aromatic carbocycles. The van der Waals surface area contributed by atoms with Gasteiger partial charge in [-0.15, -0.1) is 0 Å². The molecule has 0 unspecified atom stereocenters. The maximum atomic E-state index is 13.3. The normalized spacial score (nSPS) is 11.2. The molecule has 20 heavy (non-hydrogen) atoms. The number of halogens is 2. The summed E-state index contributed by atoms with van der Waals surface area (Å²) in [5, 5.41) is 10.1. The molecule has 0 saturated carbocycles. The number of hydrogen-bond donors (Lipinski definition) is 1. The first-order valence-corrected chi connectivity index (χ1v) is 7.32. The number of hydrogen-bond acceptors (Lipinski definition) is 2. The molecule has 0 aliphatic carbocycles. The zero-order chi connectivity index (χ0) is 14.3. The van der Waals surface area contributed by atoms with Crippen molar-refractivity contribution in [3.05, 3.63) is 45.8 Å². The molecule has 0 fully saturated rings. The summed E-state index contributed by atoms with van der Waals surface area (Å²) in [4.78, 5) is 4.48. The van der Waals surface area contributed by atoms with Crippen LogP contribution in [0.15, 0.2) is 36.4 Å². The van der Waals surface area contributed by atoms with Gasteiger partial charge in [-0.05, 0) is 59.8 Å². The molecule has 3 rings (SSSR count). The fourth-order valence-electron chi connectivity index (χ4n) is 2.32. The van der Waals surface area contributed by atoms with Gasteiger partial charge >= 0.3 is 0 Å². The van der Waals surface area contributed by atoms with Crippen LogP contribution in [0.25, 0.3) is 22.4 Å². The molecular formula is C15H12FIN2O. The summed E-state index contributed by atoms with van der Waals surface area (Å²) >= 11 is 2.19. The minimum absolute atomic E-state index is 0.177. The number of nitrogens with zero attached hydrogens (tertiary/aromatic N) is 2. The third-order valence-electron chi connectivity index (χ3n) is 3.23. The number of phenols is 1. The van der Waals surface area contributed by atoms with E-state index < -0.39 is 0 Å². The lowest BCUT2D eigenvalue weighted by Crippen LogP contribution is -1.98. The fourth-order valence-corrected chi connectivity index (χ4v) is 2.81. The van der Waals surface area contributed by atoms with Crippen LogP contribution in [0.2, 0.25) is 0 Å². The lowest BCUT2D eigenvalue weighted by atomic mass is 10.2. The predicted octanol–water partition coefficient (Wildman–Crippen LogP) is 4.17. The molecule has 0 aliphatic heterocycles. The van der Waals surface area contributed by atoms with Crippen LogP contribution in [0.5, 0.6) is 5.75 Å². The Bertz CT molecular complexity index is 798. The van der Waals surface area contributed by atoms with Gasteiger partial charge in [0.1, 0.15) is 17.4 Å². The Morgan fingerprint density at radius 2 is 2.05 bits per heavy atom. The van der Waals surface area contributed by atoms with E-state index in [0.717, 1.165) is 9.09 Å². The van der Waals surface area contributed by atoms with Crippen LogP contribution in [-0.4, -0.2) is 14.7 Å². The highest BCUT2D eigenvalue weighted by molar-refractivity contribution is 14.1. The third kappa shape index (κ3) is 2.15. The highest BCUT2D eigenvalue weighted by atomic mass is 127. The topological polar surface area (TPSA) is 38.0 Å². The zero-order valence-corrected chi connectivity index (χ0v) is 12.9. The standard InChI is InChI=1S/C15H12FIN2O/c1-2-19-13-5-3-9(16)7-12(13)18-15(19)11-8-10(17)4-6-14(11)20/h3-8,20H,2H2,1H3. The molecule has 1 heterocycles. The van der Waals surface area contributed by atoms with Crippen LogP contribution >= 0.6 is 22.6 Å². The quantitative estimate of drug-likeness (QED) is 0.676. The molecule has 0 bridgehead atoms. The van der Waals surface area contributed by atoms with Crippen LogP contribution in [0.1, 0.15) is 6.92 Å². The summed E-state index contributed by atoms with van der Waals surface area (Å²) in [5.74, 6) is 0.525. The van der Waals surface area contributed by atoms with Crippen molar-refractivity contribution in [2.45, 2.75) is 13.5 Å². The average molecular weight is 382 g/mol. The van der Waals surface area contributed by atoms with Crippen LogP contribution in [-0.2, 0) is 6.54 Å². The Balaban J connectivity index is 2.32. The summed E-state index contributed by atoms with van der Waals surface area (Å²) < 4.78 is 16.3. The molecule has 5 heteroatoms. The second-order valence-corrected chi connectivity index (χ2v) is 5.72. The van der Waals surface area contributed by atoms with Gasteiger partial charge < -0.3 is 9.67 Å². The van der Waals surface area contributed by atoms with E-state index in [1.165, 1.54) is 12.1 Å². The van der Waals surface area contributed by atoms with Gasteiger partial charge in [0.2, 0.25) is 0 Å². The first-order chi connectivity index (χ1) is 9.60. The van der Waals surface area contributed by atoms with Crippen molar-refractivity contribution >= 4 is 33.6 Å². The maximum absolute atomic E-state index is 13.3. The van der Waals surface area contributed by atoms with Gasteiger partial charge in [0.25, 0.3) is 0 Å². The molecule has 0 atom stereocenters. The Hall–Kier alpha value is -1.63. The van der Waals surface area contributed by atoms with Gasteiger partial charge in [0.05, 0.1) is 16.6 Å². The van der Waals surface area contributed by atoms with Gasteiger partial charge in [0, 0.05) is 16.2 Å². The first kappa shape index (κ1) is 13.4. The number of imidazole rings is 1. The highest BCUT2D eigenvalue weighted by Gasteiger charge is 2.15. The van der Waals surface area contributed by atoms with Gasteiger partial charge in [-0.2, -0.15) is 0 Å². The number of phenolic OH excluding ortho intramolecular Hbond substituents is 1. The number of rotatable bonds is 2. The van der Waals surface area contributed by atoms with E-state index in [2.05, 4.69) is 27.6 Å². The van der Waals surface area contributed by atoms with E-state index >= 15 is 0 Å². The third-order valence-corrected chi connectivity index (χ3v) is 3.90. The van der Waals surface area contributed by atoms with Crippen LogP contribution in [0, 0.1) is 9.39 Å². The molecule has 0 radical (unpaired) electrons. The predicted molar refractivity (Wildman–Crippen MR) is 85.2 cm³/mol. The Kier molecular flexibility index (Phi) is 3.37. The van der Waals surface area contributed by atoms with Crippen molar-refractivity contribution in [3.63, 3.8) is 0 Å². The van der Waals surface area contributed by atoms with E-state index in [-0.39, 0.29) is 11.6 Å². The highest BCUT2D eigenvalue weighted by Crippen LogP contribution is 2.32. The number of aromatic nitrogens is 2. The minimum Gasteiger partial charge on any atom is -0.507 e. The number of aromatic hydroxyl groups is 1. The Morgan fingerprint density at radius 1 is 1.25 bits per heavy atom. The molecule has 1 N–H and O–H groups in total. The lowest BCUT2D eigenvalue weighted by molar-refractivity contribution is 0.476. The molecule has 102 valence electrons. The summed E-state index contributed by atoms with van der Waals surface area (Å²) in [6.07, 6.45) is 0. The zero-order valence-electron chi connectivity index (χ0n) is 10.8. The summed E-state index contributed by atoms with van der Waals surface area (Å²) in [7, 11) is 0. The molecule has 1 aromatic heterocycles. The first-order valence-electron chi connectivity index (χ1n) is 6.25. The van der Waals surface area contributed by atoms with E-state index in [0.29, 0.717) is 23.4 Å². The van der Waals surface area contributed by atoms with Crippen molar-refractivity contribution in [2.24, 2.45) is 0 Å². The minimum atomic E-state index is -0.309. The fraction of sp³-hybridized carbons (Fsp3) is 0.133. The summed E-state index contributed by atoms with van der Waals surface area (Å²) in [6, 6.07) is 9.91. The van der Waals surface area contributed by atoms with Crippen molar-refractivity contribution in [1.82, 2.24) is 9.55 Å². The second kappa shape index (κ2) is 5.05. The van der Waals surface area contributed by atoms with E-state index in [1.807, 2.05) is 23.6 Å². The van der Waals surface area contributed by atoms with Crippen molar-refractivity contribution < 1.29 is 9.50 Å². The molecule has 3 aromatic rings. The molecule has 0 spiro atoms. The number of fused-ring (bicyclic) bond motifs is 1. The lowest BCUT2D eigenvalue weighted by Gasteiger charge is -2.08. The summed E-state index contributed by atoms with van der Waals surface area (Å²) in [5.41, 5.74) is 2.12. The second-order valence-electron chi connectivity index (χ2n) is 4.47. The van der Waals surface area contributed by atoms with Crippen LogP contribution in [0.3, 0.4) is 0 Å². The molecular weight excluding hydrogens is 370 g/mol. The van der Waals surface area contributed by atoms with Gasteiger partial charge in [0.15, 0.2) is 0 Å². The number of aryl methyl sites for hydroxylation is 1. The molecule has 0 amide bonds. The molecule has 0 saturated heterocycles. The largest absolute Gasteiger partial charge is 0.507 e. The van der Waals surface area contributed by atoms with Crippen molar-refractivity contribution in [3.8, 4) is 17.1 Å². The van der Waals surface area contributed by atoms with Crippen LogP contribution in [0.4, 0.5) is 4.39 Å². The Labute approximate surface area is 129 Å². The van der Waals surface area contributed by atoms with Crippen molar-refractivity contribution in [1.29, 1.82) is 0 Å². The average Bonchev–Trinajstić information content (AvgIpc) is 2.78. The van der Waals surface area contributed by atoms with Gasteiger partial charge in [-0.1, -0.05) is 0 Å². The summed E-state index contributed by atoms with van der Waals surface area (Å²) in [6.45, 7) is 2.70. The van der Waals surface area contributed by atoms with E-state index in [9.17, 15) is 9.50 Å². The maximum Gasteiger partial charge on any atom is 0.144 e. The van der Waals surface area contributed by atoms with E-state index in [4.69, 9.17) is 0 Å². The van der Waals surface area contributed by atoms with Gasteiger partial charge in [-0.3, -0.25) is 0 Å². The molecule has 3 nitrogen and oxygen atoms in total. The van der Waals surface area contributed by atoms with Gasteiger partial charge in [-0.25, -0.2) is 9.37 Å². The monoisotopic (exact) mass is 382 g/mol. The SMILES string of the molecule is CCn1c(-c2cc(I)ccc2O)nc2cc(F)ccc21. The van der Waals surface area contributed by atoms with Crippen LogP contribution < -0.4 is 0 Å². The number of benzene rings is 2. The Morgan fingerprint density at radius 3 is 2.80 bits per heavy atom. The van der Waals surface area contributed by atoms with Crippen molar-refractivity contribution in [2.75, 3.05) is 0 Å². The molecule has 0 aliphatic rings. The smallest absolute Gasteiger partial charge is 0.144 e.